The van der Waals surface area contributed by atoms with E-state index in [-0.39, 0.29) is 10.8 Å². The molecule has 0 aliphatic carbocycles. The maximum atomic E-state index is 12.8. The zero-order valence-corrected chi connectivity index (χ0v) is 17.6. The van der Waals surface area contributed by atoms with Crippen molar-refractivity contribution in [1.29, 1.82) is 0 Å². The predicted molar refractivity (Wildman–Crippen MR) is 112 cm³/mol. The summed E-state index contributed by atoms with van der Waals surface area (Å²) < 4.78 is 32.8. The summed E-state index contributed by atoms with van der Waals surface area (Å²) in [6, 6.07) is 15.4. The summed E-state index contributed by atoms with van der Waals surface area (Å²) in [6.45, 7) is 4.26. The third-order valence-corrected chi connectivity index (χ3v) is 6.82. The Kier molecular flexibility index (Phi) is 6.89. The number of ether oxygens (including phenoxy) is 1. The minimum absolute atomic E-state index is 0.229. The lowest BCUT2D eigenvalue weighted by atomic mass is 10.2. The molecule has 0 saturated carbocycles. The molecule has 1 saturated heterocycles. The van der Waals surface area contributed by atoms with Crippen LogP contribution in [0.4, 0.5) is 5.69 Å². The van der Waals surface area contributed by atoms with E-state index in [1.165, 1.54) is 16.4 Å². The van der Waals surface area contributed by atoms with Gasteiger partial charge in [-0.15, -0.1) is 0 Å². The Morgan fingerprint density at radius 2 is 1.66 bits per heavy atom. The number of carbonyl (C=O) groups excluding carboxylic acids is 1. The number of nitrogens with zero attached hydrogens (tertiary/aromatic N) is 2. The van der Waals surface area contributed by atoms with E-state index >= 15 is 0 Å². The van der Waals surface area contributed by atoms with Crippen molar-refractivity contribution in [2.24, 2.45) is 0 Å². The number of anilines is 1. The molecule has 0 bridgehead atoms. The van der Waals surface area contributed by atoms with Gasteiger partial charge in [-0.2, -0.15) is 4.31 Å². The van der Waals surface area contributed by atoms with E-state index < -0.39 is 16.1 Å². The van der Waals surface area contributed by atoms with Gasteiger partial charge < -0.3 is 15.0 Å². The first-order chi connectivity index (χ1) is 13.9. The van der Waals surface area contributed by atoms with E-state index in [1.807, 2.05) is 32.2 Å². The van der Waals surface area contributed by atoms with Crippen LogP contribution in [0, 0.1) is 0 Å². The summed E-state index contributed by atoms with van der Waals surface area (Å²) in [5.74, 6) is 0.356. The molecule has 1 amide bonds. The molecule has 2 aromatic rings. The lowest BCUT2D eigenvalue weighted by Gasteiger charge is -2.31. The monoisotopic (exact) mass is 417 g/mol. The first-order valence-electron chi connectivity index (χ1n) is 9.71. The topological polar surface area (TPSA) is 78.9 Å². The summed E-state index contributed by atoms with van der Waals surface area (Å²) in [4.78, 5) is 14.9. The normalized spacial score (nSPS) is 16.9. The Morgan fingerprint density at radius 1 is 1.03 bits per heavy atom. The van der Waals surface area contributed by atoms with Crippen molar-refractivity contribution in [2.75, 3.05) is 38.5 Å². The number of nitrogens with one attached hydrogen (secondary N) is 1. The average Bonchev–Trinajstić information content (AvgIpc) is 2.73. The minimum Gasteiger partial charge on any atom is -0.481 e. The van der Waals surface area contributed by atoms with Crippen molar-refractivity contribution < 1.29 is 17.9 Å². The highest BCUT2D eigenvalue weighted by Crippen LogP contribution is 2.20. The number of sulfonamides is 1. The zero-order valence-electron chi connectivity index (χ0n) is 16.7. The number of para-hydroxylation sites is 1. The number of hydrogen-bond acceptors (Lipinski definition) is 5. The van der Waals surface area contributed by atoms with Gasteiger partial charge in [0.15, 0.2) is 6.10 Å². The molecule has 1 atom stereocenters. The van der Waals surface area contributed by atoms with Gasteiger partial charge in [0, 0.05) is 31.9 Å². The van der Waals surface area contributed by atoms with Gasteiger partial charge >= 0.3 is 0 Å². The smallest absolute Gasteiger partial charge is 0.265 e. The lowest BCUT2D eigenvalue weighted by molar-refractivity contribution is -0.122. The maximum Gasteiger partial charge on any atom is 0.265 e. The summed E-state index contributed by atoms with van der Waals surface area (Å²) in [5.41, 5.74) is 0.530. The van der Waals surface area contributed by atoms with Crippen LogP contribution in [-0.4, -0.2) is 62.9 Å². The number of hydrogen-bond donors (Lipinski definition) is 1. The van der Waals surface area contributed by atoms with Crippen LogP contribution in [0.2, 0.25) is 0 Å². The molecular formula is C21H27N3O4S. The van der Waals surface area contributed by atoms with E-state index in [0.717, 1.165) is 0 Å². The molecule has 1 heterocycles. The molecule has 0 spiro atoms. The van der Waals surface area contributed by atoms with Crippen molar-refractivity contribution in [2.45, 2.75) is 24.3 Å². The molecule has 29 heavy (non-hydrogen) atoms. The standard InChI is InChI=1S/C21H27N3O4S/c1-3-20(28-18-7-5-4-6-8-18)21(25)22-17-9-11-19(12-10-17)29(26,27)24-15-13-23(2)14-16-24/h4-12,20H,3,13-16H2,1-2H3,(H,22,25). The molecule has 1 unspecified atom stereocenters. The number of likely N-dealkylation sites (N-methyl/N-ethyl adjacent to an activating group) is 1. The maximum absolute atomic E-state index is 12.8. The van der Waals surface area contributed by atoms with Crippen LogP contribution in [0.25, 0.3) is 0 Å². The molecule has 3 rings (SSSR count). The first kappa shape index (κ1) is 21.3. The fourth-order valence-electron chi connectivity index (χ4n) is 3.10. The molecule has 0 aromatic heterocycles. The van der Waals surface area contributed by atoms with Gasteiger partial charge in [0.2, 0.25) is 10.0 Å². The van der Waals surface area contributed by atoms with E-state index in [1.54, 1.807) is 24.3 Å². The Balaban J connectivity index is 1.64. The van der Waals surface area contributed by atoms with Crippen molar-refractivity contribution in [1.82, 2.24) is 9.21 Å². The molecular weight excluding hydrogens is 390 g/mol. The Labute approximate surface area is 172 Å². The van der Waals surface area contributed by atoms with Crippen LogP contribution in [0.1, 0.15) is 13.3 Å². The first-order valence-corrected chi connectivity index (χ1v) is 11.2. The Hall–Kier alpha value is -2.42. The number of rotatable bonds is 7. The summed E-state index contributed by atoms with van der Waals surface area (Å²) >= 11 is 0. The third-order valence-electron chi connectivity index (χ3n) is 4.91. The van der Waals surface area contributed by atoms with Gasteiger partial charge in [0.1, 0.15) is 5.75 Å². The lowest BCUT2D eigenvalue weighted by Crippen LogP contribution is -2.46. The summed E-state index contributed by atoms with van der Waals surface area (Å²) in [5, 5.41) is 2.80. The Bertz CT molecular complexity index is 909. The molecule has 8 heteroatoms. The van der Waals surface area contributed by atoms with E-state index in [9.17, 15) is 13.2 Å². The third kappa shape index (κ3) is 5.35. The second-order valence-electron chi connectivity index (χ2n) is 7.05. The summed E-state index contributed by atoms with van der Waals surface area (Å²) in [6.07, 6.45) is -0.123. The van der Waals surface area contributed by atoms with Crippen LogP contribution >= 0.6 is 0 Å². The largest absolute Gasteiger partial charge is 0.481 e. The van der Waals surface area contributed by atoms with E-state index in [2.05, 4.69) is 10.2 Å². The second kappa shape index (κ2) is 9.39. The highest BCUT2D eigenvalue weighted by atomic mass is 32.2. The fourth-order valence-corrected chi connectivity index (χ4v) is 4.52. The average molecular weight is 418 g/mol. The highest BCUT2D eigenvalue weighted by Gasteiger charge is 2.27. The zero-order chi connectivity index (χ0) is 20.9. The van der Waals surface area contributed by atoms with Crippen molar-refractivity contribution in [3.05, 3.63) is 54.6 Å². The van der Waals surface area contributed by atoms with Crippen LogP contribution in [0.5, 0.6) is 5.75 Å². The SMILES string of the molecule is CCC(Oc1ccccc1)C(=O)Nc1ccc(S(=O)(=O)N2CCN(C)CC2)cc1. The quantitative estimate of drug-likeness (QED) is 0.749. The molecule has 1 fully saturated rings. The molecule has 2 aromatic carbocycles. The van der Waals surface area contributed by atoms with Crippen molar-refractivity contribution >= 4 is 21.6 Å². The summed E-state index contributed by atoms with van der Waals surface area (Å²) in [7, 11) is -1.54. The van der Waals surface area contributed by atoms with Crippen molar-refractivity contribution in [3.8, 4) is 5.75 Å². The van der Waals surface area contributed by atoms with Gasteiger partial charge in [-0.05, 0) is 49.9 Å². The molecule has 1 aliphatic rings. The molecule has 1 N–H and O–H groups in total. The van der Waals surface area contributed by atoms with Crippen LogP contribution in [0.15, 0.2) is 59.5 Å². The van der Waals surface area contributed by atoms with Gasteiger partial charge in [-0.1, -0.05) is 25.1 Å². The molecule has 0 radical (unpaired) electrons. The molecule has 156 valence electrons. The molecule has 1 aliphatic heterocycles. The molecule has 7 nitrogen and oxygen atoms in total. The van der Waals surface area contributed by atoms with Gasteiger partial charge in [0.25, 0.3) is 5.91 Å². The highest BCUT2D eigenvalue weighted by molar-refractivity contribution is 7.89. The fraction of sp³-hybridized carbons (Fsp3) is 0.381. The number of benzene rings is 2. The number of amides is 1. The van der Waals surface area contributed by atoms with Gasteiger partial charge in [-0.25, -0.2) is 8.42 Å². The Morgan fingerprint density at radius 3 is 2.24 bits per heavy atom. The van der Waals surface area contributed by atoms with Crippen molar-refractivity contribution in [3.63, 3.8) is 0 Å². The number of carbonyl (C=O) groups is 1. The number of piperazine rings is 1. The van der Waals surface area contributed by atoms with E-state index in [4.69, 9.17) is 4.74 Å². The predicted octanol–water partition coefficient (Wildman–Crippen LogP) is 2.42. The second-order valence-corrected chi connectivity index (χ2v) is 8.99. The van der Waals surface area contributed by atoms with Crippen LogP contribution in [0.3, 0.4) is 0 Å². The van der Waals surface area contributed by atoms with Crippen LogP contribution in [-0.2, 0) is 14.8 Å². The van der Waals surface area contributed by atoms with Gasteiger partial charge in [0.05, 0.1) is 4.90 Å². The van der Waals surface area contributed by atoms with Gasteiger partial charge in [-0.3, -0.25) is 4.79 Å². The minimum atomic E-state index is -3.52. The van der Waals surface area contributed by atoms with E-state index in [0.29, 0.717) is 44.0 Å². The van der Waals surface area contributed by atoms with Crippen LogP contribution < -0.4 is 10.1 Å².